The smallest absolute Gasteiger partial charge is 0.269 e. The van der Waals surface area contributed by atoms with Gasteiger partial charge in [-0.05, 0) is 39.0 Å². The van der Waals surface area contributed by atoms with Crippen LogP contribution in [0.5, 0.6) is 0 Å². The Bertz CT molecular complexity index is 352. The summed E-state index contributed by atoms with van der Waals surface area (Å²) in [7, 11) is 2.12. The Hall–Kier alpha value is -1.36. The minimum Gasteiger partial charge on any atom is -0.364 e. The zero-order valence-electron chi connectivity index (χ0n) is 8.86. The van der Waals surface area contributed by atoms with Crippen molar-refractivity contribution in [3.8, 4) is 0 Å². The third-order valence-electron chi connectivity index (χ3n) is 3.01. The average molecular weight is 208 g/mol. The van der Waals surface area contributed by atoms with Crippen LogP contribution in [-0.2, 0) is 0 Å². The van der Waals surface area contributed by atoms with E-state index < -0.39 is 5.91 Å². The highest BCUT2D eigenvalue weighted by molar-refractivity contribution is 5.90. The molecule has 5 nitrogen and oxygen atoms in total. The number of rotatable bonds is 2. The zero-order chi connectivity index (χ0) is 10.8. The number of nitrogens with zero attached hydrogens (tertiary/aromatic N) is 2. The molecule has 0 saturated carbocycles. The van der Waals surface area contributed by atoms with E-state index in [0.717, 1.165) is 31.6 Å². The topological polar surface area (TPSA) is 75.0 Å². The van der Waals surface area contributed by atoms with Crippen molar-refractivity contribution in [1.29, 1.82) is 0 Å². The van der Waals surface area contributed by atoms with Crippen molar-refractivity contribution in [2.45, 2.75) is 18.8 Å². The molecule has 0 aromatic carbocycles. The number of carbonyl (C=O) groups excluding carboxylic acids is 1. The number of aromatic nitrogens is 2. The number of primary amides is 1. The number of carbonyl (C=O) groups is 1. The van der Waals surface area contributed by atoms with E-state index >= 15 is 0 Å². The van der Waals surface area contributed by atoms with Crippen LogP contribution in [0.2, 0.25) is 0 Å². The Morgan fingerprint density at radius 2 is 2.27 bits per heavy atom. The maximum absolute atomic E-state index is 10.9. The summed E-state index contributed by atoms with van der Waals surface area (Å²) in [6, 6.07) is 1.78. The first-order valence-electron chi connectivity index (χ1n) is 5.20. The van der Waals surface area contributed by atoms with Crippen LogP contribution in [0.25, 0.3) is 0 Å². The van der Waals surface area contributed by atoms with Crippen LogP contribution in [0.3, 0.4) is 0 Å². The normalized spacial score (nSPS) is 19.3. The number of piperidine rings is 1. The SMILES string of the molecule is CN1CCC(c2cc(C(N)=O)n[nH]2)CC1. The molecule has 1 fully saturated rings. The predicted octanol–water partition coefficient (Wildman–Crippen LogP) is 0.318. The number of hydrogen-bond acceptors (Lipinski definition) is 3. The van der Waals surface area contributed by atoms with Gasteiger partial charge < -0.3 is 10.6 Å². The van der Waals surface area contributed by atoms with Crippen molar-refractivity contribution >= 4 is 5.91 Å². The molecule has 1 aliphatic heterocycles. The monoisotopic (exact) mass is 208 g/mol. The largest absolute Gasteiger partial charge is 0.364 e. The van der Waals surface area contributed by atoms with E-state index in [9.17, 15) is 4.79 Å². The van der Waals surface area contributed by atoms with Crippen molar-refractivity contribution in [3.63, 3.8) is 0 Å². The van der Waals surface area contributed by atoms with E-state index in [1.54, 1.807) is 6.07 Å². The quantitative estimate of drug-likeness (QED) is 0.735. The summed E-state index contributed by atoms with van der Waals surface area (Å²) in [6.45, 7) is 2.19. The third-order valence-corrected chi connectivity index (χ3v) is 3.01. The standard InChI is InChI=1S/C10H16N4O/c1-14-4-2-7(3-5-14)8-6-9(10(11)15)13-12-8/h6-7H,2-5H2,1H3,(H2,11,15)(H,12,13). The summed E-state index contributed by atoms with van der Waals surface area (Å²) >= 11 is 0. The van der Waals surface area contributed by atoms with Gasteiger partial charge in [0.25, 0.3) is 5.91 Å². The summed E-state index contributed by atoms with van der Waals surface area (Å²) < 4.78 is 0. The summed E-state index contributed by atoms with van der Waals surface area (Å²) in [4.78, 5) is 13.2. The van der Waals surface area contributed by atoms with E-state index in [4.69, 9.17) is 5.73 Å². The molecule has 0 atom stereocenters. The molecular formula is C10H16N4O. The molecule has 1 aromatic heterocycles. The molecule has 2 rings (SSSR count). The lowest BCUT2D eigenvalue weighted by Crippen LogP contribution is -2.29. The van der Waals surface area contributed by atoms with Gasteiger partial charge in [-0.25, -0.2) is 0 Å². The number of H-pyrrole nitrogens is 1. The molecule has 0 unspecified atom stereocenters. The molecule has 82 valence electrons. The molecule has 2 heterocycles. The van der Waals surface area contributed by atoms with Gasteiger partial charge in [-0.3, -0.25) is 9.89 Å². The van der Waals surface area contributed by atoms with Crippen molar-refractivity contribution in [2.75, 3.05) is 20.1 Å². The van der Waals surface area contributed by atoms with Crippen LogP contribution in [0.1, 0.15) is 34.9 Å². The van der Waals surface area contributed by atoms with Gasteiger partial charge in [-0.1, -0.05) is 0 Å². The maximum Gasteiger partial charge on any atom is 0.269 e. The third kappa shape index (κ3) is 2.18. The van der Waals surface area contributed by atoms with Gasteiger partial charge in [0.05, 0.1) is 0 Å². The Balaban J connectivity index is 2.06. The molecular weight excluding hydrogens is 192 g/mol. The minimum absolute atomic E-state index is 0.337. The molecule has 0 aliphatic carbocycles. The molecule has 0 spiro atoms. The van der Waals surface area contributed by atoms with Gasteiger partial charge in [0.15, 0.2) is 0 Å². The molecule has 1 aromatic rings. The molecule has 1 amide bonds. The summed E-state index contributed by atoms with van der Waals surface area (Å²) in [5.41, 5.74) is 6.52. The lowest BCUT2D eigenvalue weighted by molar-refractivity contribution is 0.0995. The van der Waals surface area contributed by atoms with Gasteiger partial charge in [-0.2, -0.15) is 5.10 Å². The van der Waals surface area contributed by atoms with Crippen LogP contribution >= 0.6 is 0 Å². The second-order valence-electron chi connectivity index (χ2n) is 4.15. The Labute approximate surface area is 88.6 Å². The van der Waals surface area contributed by atoms with Crippen molar-refractivity contribution in [2.24, 2.45) is 5.73 Å². The molecule has 1 aliphatic rings. The van der Waals surface area contributed by atoms with Gasteiger partial charge in [0.1, 0.15) is 5.69 Å². The molecule has 5 heteroatoms. The van der Waals surface area contributed by atoms with E-state index in [2.05, 4.69) is 22.1 Å². The van der Waals surface area contributed by atoms with E-state index in [-0.39, 0.29) is 0 Å². The number of nitrogens with one attached hydrogen (secondary N) is 1. The maximum atomic E-state index is 10.9. The summed E-state index contributed by atoms with van der Waals surface area (Å²) in [6.07, 6.45) is 2.22. The Morgan fingerprint density at radius 3 is 2.80 bits per heavy atom. The van der Waals surface area contributed by atoms with Gasteiger partial charge in [0, 0.05) is 11.6 Å². The molecule has 0 radical (unpaired) electrons. The lowest BCUT2D eigenvalue weighted by atomic mass is 9.94. The number of amides is 1. The first-order valence-corrected chi connectivity index (χ1v) is 5.20. The Morgan fingerprint density at radius 1 is 1.60 bits per heavy atom. The van der Waals surface area contributed by atoms with Gasteiger partial charge >= 0.3 is 0 Å². The number of likely N-dealkylation sites (tertiary alicyclic amines) is 1. The van der Waals surface area contributed by atoms with Crippen LogP contribution in [-0.4, -0.2) is 41.1 Å². The first kappa shape index (κ1) is 10.2. The Kier molecular flexibility index (Phi) is 2.73. The van der Waals surface area contributed by atoms with Crippen LogP contribution in [0.4, 0.5) is 0 Å². The summed E-state index contributed by atoms with van der Waals surface area (Å²) in [5, 5.41) is 6.80. The zero-order valence-corrected chi connectivity index (χ0v) is 8.86. The van der Waals surface area contributed by atoms with E-state index in [1.807, 2.05) is 0 Å². The molecule has 15 heavy (non-hydrogen) atoms. The first-order chi connectivity index (χ1) is 7.16. The molecule has 1 saturated heterocycles. The second-order valence-corrected chi connectivity index (χ2v) is 4.15. The van der Waals surface area contributed by atoms with Crippen LogP contribution in [0.15, 0.2) is 6.07 Å². The molecule has 0 bridgehead atoms. The number of aromatic amines is 1. The van der Waals surface area contributed by atoms with Crippen LogP contribution < -0.4 is 5.73 Å². The fraction of sp³-hybridized carbons (Fsp3) is 0.600. The van der Waals surface area contributed by atoms with E-state index in [0.29, 0.717) is 11.6 Å². The van der Waals surface area contributed by atoms with Crippen LogP contribution in [0, 0.1) is 0 Å². The van der Waals surface area contributed by atoms with Gasteiger partial charge in [-0.15, -0.1) is 0 Å². The highest BCUT2D eigenvalue weighted by Gasteiger charge is 2.20. The lowest BCUT2D eigenvalue weighted by Gasteiger charge is -2.27. The van der Waals surface area contributed by atoms with Gasteiger partial charge in [0.2, 0.25) is 0 Å². The number of hydrogen-bond donors (Lipinski definition) is 2. The average Bonchev–Trinajstić information content (AvgIpc) is 2.68. The highest BCUT2D eigenvalue weighted by Crippen LogP contribution is 2.26. The van der Waals surface area contributed by atoms with Crippen molar-refractivity contribution in [3.05, 3.63) is 17.5 Å². The predicted molar refractivity (Wildman–Crippen MR) is 56.6 cm³/mol. The summed E-state index contributed by atoms with van der Waals surface area (Å²) in [5.74, 6) is 0.0206. The van der Waals surface area contributed by atoms with E-state index in [1.165, 1.54) is 0 Å². The minimum atomic E-state index is -0.467. The highest BCUT2D eigenvalue weighted by atomic mass is 16.1. The van der Waals surface area contributed by atoms with Crippen molar-refractivity contribution in [1.82, 2.24) is 15.1 Å². The second kappa shape index (κ2) is 4.02. The number of nitrogens with two attached hydrogens (primary N) is 1. The molecule has 3 N–H and O–H groups in total. The fourth-order valence-corrected chi connectivity index (χ4v) is 1.99. The van der Waals surface area contributed by atoms with Crippen molar-refractivity contribution < 1.29 is 4.79 Å². The fourth-order valence-electron chi connectivity index (χ4n) is 1.99.